The molecule has 0 bridgehead atoms. The zero-order valence-electron chi connectivity index (χ0n) is 13.5. The van der Waals surface area contributed by atoms with Crippen LogP contribution >= 0.6 is 0 Å². The predicted molar refractivity (Wildman–Crippen MR) is 90.2 cm³/mol. The molecule has 2 unspecified atom stereocenters. The molecule has 116 valence electrons. The van der Waals surface area contributed by atoms with Crippen molar-refractivity contribution in [1.29, 1.82) is 0 Å². The van der Waals surface area contributed by atoms with E-state index in [-0.39, 0.29) is 0 Å². The van der Waals surface area contributed by atoms with Crippen LogP contribution in [0.4, 0.5) is 0 Å². The molecular formula is C20H24O2. The van der Waals surface area contributed by atoms with Crippen LogP contribution in [-0.4, -0.2) is 11.1 Å². The minimum Gasteiger partial charge on any atom is -0.481 e. The Morgan fingerprint density at radius 3 is 2.32 bits per heavy atom. The molecule has 0 aromatic heterocycles. The average Bonchev–Trinajstić information content (AvgIpc) is 2.48. The lowest BCUT2D eigenvalue weighted by Gasteiger charge is -2.19. The third-order valence-electron chi connectivity index (χ3n) is 4.30. The summed E-state index contributed by atoms with van der Waals surface area (Å²) in [4.78, 5) is 11.7. The van der Waals surface area contributed by atoms with E-state index >= 15 is 0 Å². The smallest absolute Gasteiger partial charge is 0.310 e. The lowest BCUT2D eigenvalue weighted by molar-refractivity contribution is -0.139. The second kappa shape index (κ2) is 7.26. The highest BCUT2D eigenvalue weighted by molar-refractivity contribution is 5.76. The first kappa shape index (κ1) is 16.3. The molecule has 2 heteroatoms. The van der Waals surface area contributed by atoms with Gasteiger partial charge in [0.05, 0.1) is 5.92 Å². The summed E-state index contributed by atoms with van der Waals surface area (Å²) in [5.41, 5.74) is 4.53. The first-order valence-corrected chi connectivity index (χ1v) is 7.81. The lowest BCUT2D eigenvalue weighted by Crippen LogP contribution is -2.16. The van der Waals surface area contributed by atoms with Crippen molar-refractivity contribution in [3.63, 3.8) is 0 Å². The van der Waals surface area contributed by atoms with Crippen molar-refractivity contribution >= 4 is 5.97 Å². The molecule has 22 heavy (non-hydrogen) atoms. The number of aryl methyl sites for hydroxylation is 2. The number of hydrogen-bond donors (Lipinski definition) is 1. The fourth-order valence-corrected chi connectivity index (χ4v) is 2.86. The quantitative estimate of drug-likeness (QED) is 0.836. The van der Waals surface area contributed by atoms with Crippen LogP contribution in [0, 0.1) is 19.8 Å². The van der Waals surface area contributed by atoms with E-state index in [0.717, 1.165) is 17.5 Å². The number of benzene rings is 2. The Morgan fingerprint density at radius 2 is 1.73 bits per heavy atom. The largest absolute Gasteiger partial charge is 0.481 e. The van der Waals surface area contributed by atoms with Gasteiger partial charge in [0.1, 0.15) is 0 Å². The van der Waals surface area contributed by atoms with Crippen molar-refractivity contribution in [2.45, 2.75) is 39.5 Å². The van der Waals surface area contributed by atoms with Gasteiger partial charge in [-0.2, -0.15) is 0 Å². The van der Waals surface area contributed by atoms with Crippen LogP contribution in [0.15, 0.2) is 48.5 Å². The summed E-state index contributed by atoms with van der Waals surface area (Å²) >= 11 is 0. The van der Waals surface area contributed by atoms with E-state index in [9.17, 15) is 9.90 Å². The number of rotatable bonds is 6. The first-order chi connectivity index (χ1) is 10.5. The molecule has 1 N–H and O–H groups in total. The normalized spacial score (nSPS) is 13.6. The van der Waals surface area contributed by atoms with Gasteiger partial charge in [0.2, 0.25) is 0 Å². The van der Waals surface area contributed by atoms with Gasteiger partial charge < -0.3 is 5.11 Å². The van der Waals surface area contributed by atoms with Gasteiger partial charge in [-0.05, 0) is 54.9 Å². The molecule has 0 fully saturated rings. The zero-order valence-corrected chi connectivity index (χ0v) is 13.5. The third kappa shape index (κ3) is 4.20. The maximum absolute atomic E-state index is 11.7. The topological polar surface area (TPSA) is 37.3 Å². The Morgan fingerprint density at radius 1 is 1.05 bits per heavy atom. The van der Waals surface area contributed by atoms with Crippen LogP contribution in [0.5, 0.6) is 0 Å². The summed E-state index contributed by atoms with van der Waals surface area (Å²) < 4.78 is 0. The van der Waals surface area contributed by atoms with Crippen molar-refractivity contribution in [2.24, 2.45) is 5.92 Å². The molecule has 0 aliphatic carbocycles. The Hall–Kier alpha value is -2.09. The predicted octanol–water partition coefficient (Wildman–Crippen LogP) is 4.74. The minimum absolute atomic E-state index is 0.324. The van der Waals surface area contributed by atoms with Gasteiger partial charge >= 0.3 is 5.97 Å². The van der Waals surface area contributed by atoms with Crippen LogP contribution in [0.2, 0.25) is 0 Å². The van der Waals surface area contributed by atoms with E-state index in [0.29, 0.717) is 12.3 Å². The second-order valence-electron chi connectivity index (χ2n) is 6.27. The van der Waals surface area contributed by atoms with Crippen LogP contribution in [-0.2, 0) is 11.2 Å². The summed E-state index contributed by atoms with van der Waals surface area (Å²) in [6, 6.07) is 16.2. The number of carbonyl (C=O) groups is 1. The molecule has 2 rings (SSSR count). The molecule has 0 saturated heterocycles. The summed E-state index contributed by atoms with van der Waals surface area (Å²) in [7, 11) is 0. The van der Waals surface area contributed by atoms with E-state index in [1.54, 1.807) is 0 Å². The summed E-state index contributed by atoms with van der Waals surface area (Å²) in [5, 5.41) is 9.60. The molecule has 2 atom stereocenters. The van der Waals surface area contributed by atoms with Crippen LogP contribution < -0.4 is 0 Å². The maximum atomic E-state index is 11.7. The molecule has 0 heterocycles. The minimum atomic E-state index is -0.733. The molecule has 0 aliphatic rings. The van der Waals surface area contributed by atoms with Gasteiger partial charge in [0, 0.05) is 0 Å². The Bertz CT molecular complexity index is 631. The van der Waals surface area contributed by atoms with Crippen molar-refractivity contribution in [2.75, 3.05) is 0 Å². The highest BCUT2D eigenvalue weighted by Crippen LogP contribution is 2.27. The average molecular weight is 296 g/mol. The van der Waals surface area contributed by atoms with Crippen LogP contribution in [0.25, 0.3) is 0 Å². The van der Waals surface area contributed by atoms with Gasteiger partial charge in [-0.15, -0.1) is 0 Å². The highest BCUT2D eigenvalue weighted by Gasteiger charge is 2.23. The van der Waals surface area contributed by atoms with Gasteiger partial charge in [0.25, 0.3) is 0 Å². The zero-order chi connectivity index (χ0) is 16.1. The van der Waals surface area contributed by atoms with Gasteiger partial charge in [-0.3, -0.25) is 4.79 Å². The third-order valence-corrected chi connectivity index (χ3v) is 4.30. The van der Waals surface area contributed by atoms with Crippen molar-refractivity contribution in [3.05, 3.63) is 70.8 Å². The summed E-state index contributed by atoms with van der Waals surface area (Å²) in [6.07, 6.45) is 1.57. The fourth-order valence-electron chi connectivity index (χ4n) is 2.86. The van der Waals surface area contributed by atoms with Crippen molar-refractivity contribution in [1.82, 2.24) is 0 Å². The van der Waals surface area contributed by atoms with Gasteiger partial charge in [0.15, 0.2) is 0 Å². The van der Waals surface area contributed by atoms with Crippen molar-refractivity contribution in [3.8, 4) is 0 Å². The van der Waals surface area contributed by atoms with Crippen LogP contribution in [0.1, 0.15) is 41.5 Å². The molecule has 0 spiro atoms. The fraction of sp³-hybridized carbons (Fsp3) is 0.350. The van der Waals surface area contributed by atoms with E-state index in [1.807, 2.05) is 50.2 Å². The highest BCUT2D eigenvalue weighted by atomic mass is 16.4. The number of aliphatic carboxylic acids is 1. The number of carboxylic acid groups (broad SMARTS) is 1. The Balaban J connectivity index is 2.11. The molecule has 2 aromatic carbocycles. The maximum Gasteiger partial charge on any atom is 0.310 e. The molecule has 0 amide bonds. The summed E-state index contributed by atoms with van der Waals surface area (Å²) in [5.74, 6) is -0.841. The van der Waals surface area contributed by atoms with Gasteiger partial charge in [-0.1, -0.05) is 55.5 Å². The molecule has 0 radical (unpaired) electrons. The number of carboxylic acids is 1. The van der Waals surface area contributed by atoms with Crippen molar-refractivity contribution < 1.29 is 9.90 Å². The van der Waals surface area contributed by atoms with E-state index in [2.05, 4.69) is 19.1 Å². The molecular weight excluding hydrogens is 272 g/mol. The Kier molecular flexibility index (Phi) is 5.37. The van der Waals surface area contributed by atoms with E-state index < -0.39 is 11.9 Å². The lowest BCUT2D eigenvalue weighted by atomic mass is 9.85. The Labute approximate surface area is 132 Å². The monoisotopic (exact) mass is 296 g/mol. The second-order valence-corrected chi connectivity index (χ2v) is 6.27. The van der Waals surface area contributed by atoms with Crippen LogP contribution in [0.3, 0.4) is 0 Å². The van der Waals surface area contributed by atoms with E-state index in [4.69, 9.17) is 0 Å². The van der Waals surface area contributed by atoms with E-state index in [1.165, 1.54) is 11.1 Å². The number of hydrogen-bond acceptors (Lipinski definition) is 1. The van der Waals surface area contributed by atoms with Gasteiger partial charge in [-0.25, -0.2) is 0 Å². The summed E-state index contributed by atoms with van der Waals surface area (Å²) in [6.45, 7) is 6.21. The molecule has 0 aliphatic heterocycles. The standard InChI is InChI=1S/C20H24O2/c1-14(11-17-7-5-4-6-8-17)12-19(20(21)22)18-10-9-15(2)16(3)13-18/h4-10,13-14,19H,11-12H2,1-3H3,(H,21,22). The molecule has 0 saturated carbocycles. The molecule has 2 aromatic rings. The molecule has 2 nitrogen and oxygen atoms in total. The first-order valence-electron chi connectivity index (χ1n) is 7.81. The SMILES string of the molecule is Cc1ccc(C(CC(C)Cc2ccccc2)C(=O)O)cc1C.